The molecule has 0 aromatic carbocycles. The second-order valence-electron chi connectivity index (χ2n) is 4.47. The molecule has 1 fully saturated rings. The topological polar surface area (TPSA) is 150 Å². The van der Waals surface area contributed by atoms with Gasteiger partial charge in [0.25, 0.3) is 10.0 Å². The number of rotatable bonds is 3. The maximum atomic E-state index is 12.5. The molecule has 0 bridgehead atoms. The Labute approximate surface area is 119 Å². The normalized spacial score (nSPS) is 20.4. The maximum Gasteiger partial charge on any atom is 0.340 e. The number of carboxylic acid groups (broad SMARTS) is 1. The van der Waals surface area contributed by atoms with Crippen molar-refractivity contribution in [3.05, 3.63) is 11.3 Å². The van der Waals surface area contributed by atoms with Gasteiger partial charge in [-0.1, -0.05) is 0 Å². The number of hydrogen-bond donors (Lipinski definition) is 3. The van der Waals surface area contributed by atoms with Crippen molar-refractivity contribution in [1.82, 2.24) is 19.8 Å². The van der Waals surface area contributed by atoms with Gasteiger partial charge in [0.1, 0.15) is 11.6 Å². The summed E-state index contributed by atoms with van der Waals surface area (Å²) in [7, 11) is -4.40. The third kappa shape index (κ3) is 2.40. The first-order valence-corrected chi connectivity index (χ1v) is 7.24. The van der Waals surface area contributed by atoms with Gasteiger partial charge in [-0.2, -0.15) is 9.40 Å². The van der Waals surface area contributed by atoms with Gasteiger partial charge < -0.3 is 5.11 Å². The highest BCUT2D eigenvalue weighted by Crippen LogP contribution is 2.23. The first-order chi connectivity index (χ1) is 9.66. The molecule has 3 N–H and O–H groups in total. The van der Waals surface area contributed by atoms with Gasteiger partial charge >= 0.3 is 5.97 Å². The van der Waals surface area contributed by atoms with E-state index in [0.29, 0.717) is 4.31 Å². The van der Waals surface area contributed by atoms with Crippen LogP contribution in [-0.4, -0.2) is 58.4 Å². The first kappa shape index (κ1) is 15.1. The number of nitrogens with zero attached hydrogens (tertiary/aromatic N) is 2. The molecule has 1 aromatic heterocycles. The molecule has 1 atom stereocenters. The summed E-state index contributed by atoms with van der Waals surface area (Å²) in [4.78, 5) is 34.0. The molecular formula is C10H12N4O6S. The molecule has 1 saturated heterocycles. The van der Waals surface area contributed by atoms with Crippen molar-refractivity contribution in [3.63, 3.8) is 0 Å². The Balaban J connectivity index is 2.54. The highest BCUT2D eigenvalue weighted by atomic mass is 32.2. The number of amides is 2. The summed E-state index contributed by atoms with van der Waals surface area (Å²) in [5, 5.41) is 16.1. The van der Waals surface area contributed by atoms with E-state index in [9.17, 15) is 22.8 Å². The fourth-order valence-electron chi connectivity index (χ4n) is 1.94. The number of hydrogen-bond acceptors (Lipinski definition) is 6. The molecule has 2 amide bonds. The third-order valence-corrected chi connectivity index (χ3v) is 4.90. The lowest BCUT2D eigenvalue weighted by molar-refractivity contribution is -0.136. The summed E-state index contributed by atoms with van der Waals surface area (Å²) in [6, 6.07) is -1.15. The van der Waals surface area contributed by atoms with Crippen molar-refractivity contribution < 1.29 is 27.9 Å². The number of piperazine rings is 1. The van der Waals surface area contributed by atoms with E-state index in [0.717, 1.165) is 0 Å². The predicted molar refractivity (Wildman–Crippen MR) is 66.8 cm³/mol. The number of carbonyl (C=O) groups excluding carboxylic acids is 2. The zero-order valence-corrected chi connectivity index (χ0v) is 11.9. The fourth-order valence-corrected chi connectivity index (χ4v) is 3.62. The molecule has 2 rings (SSSR count). The van der Waals surface area contributed by atoms with Crippen LogP contribution in [0, 0.1) is 6.92 Å². The van der Waals surface area contributed by atoms with Gasteiger partial charge in [-0.05, 0) is 13.8 Å². The van der Waals surface area contributed by atoms with Gasteiger partial charge in [-0.25, -0.2) is 13.2 Å². The number of H-pyrrole nitrogens is 1. The number of nitrogens with one attached hydrogen (secondary N) is 2. The quantitative estimate of drug-likeness (QED) is 0.571. The van der Waals surface area contributed by atoms with Gasteiger partial charge in [-0.3, -0.25) is 20.0 Å². The van der Waals surface area contributed by atoms with Crippen molar-refractivity contribution >= 4 is 27.8 Å². The molecule has 0 saturated carbocycles. The molecule has 1 aromatic rings. The average molecular weight is 316 g/mol. The highest BCUT2D eigenvalue weighted by Gasteiger charge is 2.42. The smallest absolute Gasteiger partial charge is 0.340 e. The standard InChI is InChI=1S/C10H12N4O6S/c1-4-7(10(17)18)9(13-12-4)21(19,20)14-3-6(15)11-8(16)5(14)2/h5H,3H2,1-2H3,(H,12,13)(H,17,18)(H,11,15,16). The summed E-state index contributed by atoms with van der Waals surface area (Å²) in [5.41, 5.74) is -0.456. The van der Waals surface area contributed by atoms with Crippen LogP contribution in [0.3, 0.4) is 0 Å². The van der Waals surface area contributed by atoms with E-state index in [1.54, 1.807) is 0 Å². The van der Waals surface area contributed by atoms with Crippen molar-refractivity contribution in [2.75, 3.05) is 6.54 Å². The zero-order chi connectivity index (χ0) is 15.9. The molecule has 1 aliphatic rings. The Hall–Kier alpha value is -2.27. The summed E-state index contributed by atoms with van der Waals surface area (Å²) in [5.74, 6) is -3.04. The second kappa shape index (κ2) is 4.93. The molecule has 114 valence electrons. The molecule has 0 radical (unpaired) electrons. The highest BCUT2D eigenvalue weighted by molar-refractivity contribution is 7.89. The third-order valence-electron chi connectivity index (χ3n) is 3.05. The van der Waals surface area contributed by atoms with Crippen molar-refractivity contribution in [1.29, 1.82) is 0 Å². The number of imide groups is 1. The molecule has 10 nitrogen and oxygen atoms in total. The van der Waals surface area contributed by atoms with E-state index < -0.39 is 51.0 Å². The molecule has 21 heavy (non-hydrogen) atoms. The minimum absolute atomic E-state index is 0.0570. The summed E-state index contributed by atoms with van der Waals surface area (Å²) in [6.45, 7) is 2.06. The van der Waals surface area contributed by atoms with Crippen LogP contribution in [0.25, 0.3) is 0 Å². The molecule has 0 spiro atoms. The van der Waals surface area contributed by atoms with Crippen LogP contribution < -0.4 is 5.32 Å². The number of sulfonamides is 1. The van der Waals surface area contributed by atoms with Gasteiger partial charge in [0.05, 0.1) is 6.54 Å². The molecule has 0 aliphatic carbocycles. The van der Waals surface area contributed by atoms with Crippen LogP contribution in [0.4, 0.5) is 0 Å². The van der Waals surface area contributed by atoms with E-state index in [1.165, 1.54) is 13.8 Å². The summed E-state index contributed by atoms with van der Waals surface area (Å²) < 4.78 is 25.6. The van der Waals surface area contributed by atoms with Gasteiger partial charge in [-0.15, -0.1) is 0 Å². The lowest BCUT2D eigenvalue weighted by Gasteiger charge is -2.29. The fraction of sp³-hybridized carbons (Fsp3) is 0.400. The van der Waals surface area contributed by atoms with E-state index in [4.69, 9.17) is 5.11 Å². The number of aryl methyl sites for hydroxylation is 1. The SMILES string of the molecule is Cc1[nH]nc(S(=O)(=O)N2CC(=O)NC(=O)C2C)c1C(=O)O. The van der Waals surface area contributed by atoms with Gasteiger partial charge in [0.2, 0.25) is 16.8 Å². The molecule has 1 unspecified atom stereocenters. The van der Waals surface area contributed by atoms with Gasteiger partial charge in [0.15, 0.2) is 0 Å². The Morgan fingerprint density at radius 3 is 2.62 bits per heavy atom. The lowest BCUT2D eigenvalue weighted by atomic mass is 10.2. The summed E-state index contributed by atoms with van der Waals surface area (Å²) in [6.07, 6.45) is 0. The number of aromatic amines is 1. The Kier molecular flexibility index (Phi) is 3.55. The van der Waals surface area contributed by atoms with E-state index in [-0.39, 0.29) is 5.69 Å². The van der Waals surface area contributed by atoms with Crippen LogP contribution in [0.5, 0.6) is 0 Å². The Morgan fingerprint density at radius 2 is 2.05 bits per heavy atom. The van der Waals surface area contributed by atoms with E-state index in [2.05, 4.69) is 10.2 Å². The Morgan fingerprint density at radius 1 is 1.43 bits per heavy atom. The molecule has 2 heterocycles. The number of aromatic nitrogens is 2. The second-order valence-corrected chi connectivity index (χ2v) is 6.28. The Bertz CT molecular complexity index is 737. The van der Waals surface area contributed by atoms with Crippen LogP contribution in [0.2, 0.25) is 0 Å². The minimum Gasteiger partial charge on any atom is -0.478 e. The number of carbonyl (C=O) groups is 3. The number of aromatic carboxylic acids is 1. The zero-order valence-electron chi connectivity index (χ0n) is 11.1. The maximum absolute atomic E-state index is 12.5. The first-order valence-electron chi connectivity index (χ1n) is 5.80. The van der Waals surface area contributed by atoms with E-state index >= 15 is 0 Å². The molecule has 1 aliphatic heterocycles. The lowest BCUT2D eigenvalue weighted by Crippen LogP contribution is -2.58. The van der Waals surface area contributed by atoms with Gasteiger partial charge in [0, 0.05) is 5.69 Å². The largest absolute Gasteiger partial charge is 0.478 e. The van der Waals surface area contributed by atoms with Crippen LogP contribution in [0.15, 0.2) is 5.03 Å². The molecular weight excluding hydrogens is 304 g/mol. The number of carboxylic acids is 1. The van der Waals surface area contributed by atoms with E-state index in [1.807, 2.05) is 5.32 Å². The monoisotopic (exact) mass is 316 g/mol. The van der Waals surface area contributed by atoms with Crippen molar-refractivity contribution in [3.8, 4) is 0 Å². The average Bonchev–Trinajstić information content (AvgIpc) is 2.76. The predicted octanol–water partition coefficient (Wildman–Crippen LogP) is -1.55. The van der Waals surface area contributed by atoms with Crippen LogP contribution >= 0.6 is 0 Å². The van der Waals surface area contributed by atoms with Crippen LogP contribution in [0.1, 0.15) is 23.0 Å². The van der Waals surface area contributed by atoms with Crippen LogP contribution in [-0.2, 0) is 19.6 Å². The van der Waals surface area contributed by atoms with Crippen molar-refractivity contribution in [2.24, 2.45) is 0 Å². The van der Waals surface area contributed by atoms with Crippen molar-refractivity contribution in [2.45, 2.75) is 24.9 Å². The summed E-state index contributed by atoms with van der Waals surface area (Å²) >= 11 is 0. The molecule has 11 heteroatoms. The minimum atomic E-state index is -4.40.